The van der Waals surface area contributed by atoms with E-state index in [-0.39, 0.29) is 24.3 Å². The first-order valence-electron chi connectivity index (χ1n) is 10.1. The summed E-state index contributed by atoms with van der Waals surface area (Å²) < 4.78 is 6.46. The van der Waals surface area contributed by atoms with Gasteiger partial charge in [0.25, 0.3) is 5.56 Å². The molecular formula is C23H22N4O5. The zero-order valence-electron chi connectivity index (χ0n) is 17.4. The van der Waals surface area contributed by atoms with Gasteiger partial charge in [0, 0.05) is 24.7 Å². The number of hydrogen-bond donors (Lipinski definition) is 3. The van der Waals surface area contributed by atoms with Crippen molar-refractivity contribution in [2.24, 2.45) is 0 Å². The predicted molar refractivity (Wildman–Crippen MR) is 119 cm³/mol. The van der Waals surface area contributed by atoms with Crippen LogP contribution in [0.4, 0.5) is 11.5 Å². The Balaban J connectivity index is 1.68. The van der Waals surface area contributed by atoms with Gasteiger partial charge in [0.05, 0.1) is 18.6 Å². The van der Waals surface area contributed by atoms with E-state index < -0.39 is 29.0 Å². The third kappa shape index (κ3) is 4.31. The van der Waals surface area contributed by atoms with Crippen LogP contribution in [-0.2, 0) is 22.6 Å². The maximum Gasteiger partial charge on any atom is 0.329 e. The topological polar surface area (TPSA) is 122 Å². The third-order valence-electron chi connectivity index (χ3n) is 5.35. The molecule has 0 radical (unpaired) electrons. The van der Waals surface area contributed by atoms with Crippen molar-refractivity contribution >= 4 is 23.3 Å². The fourth-order valence-electron chi connectivity index (χ4n) is 3.77. The van der Waals surface area contributed by atoms with Gasteiger partial charge in [-0.15, -0.1) is 0 Å². The van der Waals surface area contributed by atoms with Crippen molar-refractivity contribution in [2.45, 2.75) is 25.3 Å². The smallest absolute Gasteiger partial charge is 0.329 e. The fourth-order valence-corrected chi connectivity index (χ4v) is 3.77. The molecular weight excluding hydrogens is 412 g/mol. The average Bonchev–Trinajstić information content (AvgIpc) is 2.79. The van der Waals surface area contributed by atoms with Crippen molar-refractivity contribution in [3.63, 3.8) is 0 Å². The van der Waals surface area contributed by atoms with Crippen LogP contribution in [0.5, 0.6) is 5.75 Å². The number of nitrogens with zero attached hydrogens (tertiary/aromatic N) is 1. The molecule has 2 heterocycles. The summed E-state index contributed by atoms with van der Waals surface area (Å²) in [5.74, 6) is -1.39. The van der Waals surface area contributed by atoms with Crippen molar-refractivity contribution in [1.29, 1.82) is 0 Å². The van der Waals surface area contributed by atoms with Crippen molar-refractivity contribution in [1.82, 2.24) is 9.55 Å². The summed E-state index contributed by atoms with van der Waals surface area (Å²) in [5, 5.41) is 5.35. The van der Waals surface area contributed by atoms with Crippen LogP contribution in [0.3, 0.4) is 0 Å². The summed E-state index contributed by atoms with van der Waals surface area (Å²) in [6.45, 7) is 0.229. The summed E-state index contributed by atoms with van der Waals surface area (Å²) in [6, 6.07) is 16.3. The van der Waals surface area contributed by atoms with E-state index in [2.05, 4.69) is 15.6 Å². The van der Waals surface area contributed by atoms with Crippen LogP contribution in [0.1, 0.15) is 23.5 Å². The number of ether oxygens (including phenoxy) is 1. The van der Waals surface area contributed by atoms with Crippen LogP contribution in [0, 0.1) is 0 Å². The lowest BCUT2D eigenvalue weighted by molar-refractivity contribution is -0.123. The standard InChI is InChI=1S/C23H22N4O5/c1-32-16-9-5-8-15(12-16)24-21(29)17-13-18(28)25-20-19(17)22(30)26-23(31)27(20)11-10-14-6-3-2-4-7-14/h2-9,12,17H,10-11,13H2,1H3,(H,24,29)(H,25,28)(H,26,30,31)/t17-/m0/s1. The van der Waals surface area contributed by atoms with E-state index in [0.717, 1.165) is 5.56 Å². The Morgan fingerprint density at radius 1 is 1.12 bits per heavy atom. The second-order valence-electron chi connectivity index (χ2n) is 7.43. The number of H-pyrrole nitrogens is 1. The van der Waals surface area contributed by atoms with Gasteiger partial charge < -0.3 is 15.4 Å². The zero-order chi connectivity index (χ0) is 22.7. The summed E-state index contributed by atoms with van der Waals surface area (Å²) in [4.78, 5) is 52.9. The summed E-state index contributed by atoms with van der Waals surface area (Å²) in [6.07, 6.45) is 0.304. The lowest BCUT2D eigenvalue weighted by Crippen LogP contribution is -2.42. The molecule has 0 fully saturated rings. The van der Waals surface area contributed by atoms with Gasteiger partial charge in [0.15, 0.2) is 0 Å². The van der Waals surface area contributed by atoms with E-state index in [1.54, 1.807) is 24.3 Å². The molecule has 1 aliphatic heterocycles. The van der Waals surface area contributed by atoms with Gasteiger partial charge in [0.2, 0.25) is 11.8 Å². The highest BCUT2D eigenvalue weighted by Crippen LogP contribution is 2.30. The monoisotopic (exact) mass is 434 g/mol. The molecule has 2 amide bonds. The zero-order valence-corrected chi connectivity index (χ0v) is 17.4. The highest BCUT2D eigenvalue weighted by Gasteiger charge is 2.35. The first-order chi connectivity index (χ1) is 15.5. The molecule has 32 heavy (non-hydrogen) atoms. The second-order valence-corrected chi connectivity index (χ2v) is 7.43. The van der Waals surface area contributed by atoms with Crippen LogP contribution in [0.15, 0.2) is 64.2 Å². The highest BCUT2D eigenvalue weighted by atomic mass is 16.5. The fraction of sp³-hybridized carbons (Fsp3) is 0.217. The Kier molecular flexibility index (Phi) is 5.89. The molecule has 1 aliphatic rings. The Labute approximate surface area is 183 Å². The lowest BCUT2D eigenvalue weighted by Gasteiger charge is -2.26. The molecule has 3 aromatic rings. The molecule has 2 aromatic carbocycles. The molecule has 0 aliphatic carbocycles. The molecule has 9 heteroatoms. The van der Waals surface area contributed by atoms with Crippen molar-refractivity contribution < 1.29 is 14.3 Å². The quantitative estimate of drug-likeness (QED) is 0.547. The number of fused-ring (bicyclic) bond motifs is 1. The summed E-state index contributed by atoms with van der Waals surface area (Å²) in [5.41, 5.74) is 0.202. The molecule has 0 unspecified atom stereocenters. The number of nitrogens with one attached hydrogen (secondary N) is 3. The van der Waals surface area contributed by atoms with Gasteiger partial charge in [-0.2, -0.15) is 0 Å². The van der Waals surface area contributed by atoms with E-state index in [1.807, 2.05) is 30.3 Å². The van der Waals surface area contributed by atoms with Crippen LogP contribution in [-0.4, -0.2) is 28.5 Å². The number of hydrogen-bond acceptors (Lipinski definition) is 5. The van der Waals surface area contributed by atoms with Crippen molar-refractivity contribution in [3.05, 3.63) is 86.6 Å². The molecule has 164 valence electrons. The van der Waals surface area contributed by atoms with Gasteiger partial charge >= 0.3 is 5.69 Å². The first-order valence-corrected chi connectivity index (χ1v) is 10.1. The first kappa shape index (κ1) is 21.1. The Hall–Kier alpha value is -4.14. The number of carbonyl (C=O) groups is 2. The number of aryl methyl sites for hydroxylation is 1. The van der Waals surface area contributed by atoms with E-state index >= 15 is 0 Å². The molecule has 0 bridgehead atoms. The van der Waals surface area contributed by atoms with Gasteiger partial charge in [-0.05, 0) is 24.1 Å². The average molecular weight is 434 g/mol. The molecule has 0 spiro atoms. The predicted octanol–water partition coefficient (Wildman–Crippen LogP) is 1.85. The van der Waals surface area contributed by atoms with Gasteiger partial charge in [-0.25, -0.2) is 4.79 Å². The maximum absolute atomic E-state index is 13.0. The SMILES string of the molecule is COc1cccc(NC(=O)[C@H]2CC(=O)Nc3c2c(=O)[nH]c(=O)n3CCc2ccccc2)c1. The lowest BCUT2D eigenvalue weighted by atomic mass is 9.92. The number of aromatic nitrogens is 2. The Morgan fingerprint density at radius 3 is 2.66 bits per heavy atom. The number of aromatic amines is 1. The van der Waals surface area contributed by atoms with Gasteiger partial charge in [-0.1, -0.05) is 36.4 Å². The minimum Gasteiger partial charge on any atom is -0.497 e. The molecule has 3 N–H and O–H groups in total. The van der Waals surface area contributed by atoms with E-state index in [4.69, 9.17) is 4.74 Å². The van der Waals surface area contributed by atoms with Crippen LogP contribution < -0.4 is 26.6 Å². The Morgan fingerprint density at radius 2 is 1.91 bits per heavy atom. The summed E-state index contributed by atoms with van der Waals surface area (Å²) >= 11 is 0. The minimum atomic E-state index is -1.04. The molecule has 1 aromatic heterocycles. The van der Waals surface area contributed by atoms with Gasteiger partial charge in [-0.3, -0.25) is 23.9 Å². The van der Waals surface area contributed by atoms with Crippen LogP contribution in [0.25, 0.3) is 0 Å². The summed E-state index contributed by atoms with van der Waals surface area (Å²) in [7, 11) is 1.51. The van der Waals surface area contributed by atoms with E-state index in [9.17, 15) is 19.2 Å². The number of methoxy groups -OCH3 is 1. The maximum atomic E-state index is 13.0. The van der Waals surface area contributed by atoms with E-state index in [0.29, 0.717) is 17.9 Å². The van der Waals surface area contributed by atoms with E-state index in [1.165, 1.54) is 11.7 Å². The van der Waals surface area contributed by atoms with Gasteiger partial charge in [0.1, 0.15) is 11.6 Å². The number of carbonyl (C=O) groups excluding carboxylic acids is 2. The molecule has 0 saturated heterocycles. The van der Waals surface area contributed by atoms with Crippen molar-refractivity contribution in [3.8, 4) is 5.75 Å². The second kappa shape index (κ2) is 8.93. The Bertz CT molecular complexity index is 1280. The minimum absolute atomic E-state index is 0.0664. The third-order valence-corrected chi connectivity index (χ3v) is 5.35. The molecule has 0 saturated carbocycles. The number of benzene rings is 2. The number of rotatable bonds is 6. The van der Waals surface area contributed by atoms with Crippen LogP contribution >= 0.6 is 0 Å². The molecule has 4 rings (SSSR count). The van der Waals surface area contributed by atoms with Crippen LogP contribution in [0.2, 0.25) is 0 Å². The molecule has 1 atom stereocenters. The normalized spacial score (nSPS) is 14.9. The number of amides is 2. The largest absolute Gasteiger partial charge is 0.497 e. The highest BCUT2D eigenvalue weighted by molar-refractivity contribution is 6.04. The van der Waals surface area contributed by atoms with Crippen molar-refractivity contribution in [2.75, 3.05) is 17.7 Å². The molecule has 9 nitrogen and oxygen atoms in total. The number of anilines is 2.